The summed E-state index contributed by atoms with van der Waals surface area (Å²) in [5, 5.41) is 13.4. The summed E-state index contributed by atoms with van der Waals surface area (Å²) < 4.78 is 4.49. The highest BCUT2D eigenvalue weighted by atomic mass is 32.1. The molecule has 1 aliphatic rings. The number of aromatic nitrogens is 1. The van der Waals surface area contributed by atoms with Crippen LogP contribution in [-0.2, 0) is 4.79 Å². The fourth-order valence-electron chi connectivity index (χ4n) is 3.77. The number of rotatable bonds is 7. The van der Waals surface area contributed by atoms with Gasteiger partial charge in [0.15, 0.2) is 0 Å². The lowest BCUT2D eigenvalue weighted by molar-refractivity contribution is -0.120. The Bertz CT molecular complexity index is 895. The van der Waals surface area contributed by atoms with Gasteiger partial charge in [0.05, 0.1) is 17.8 Å². The zero-order chi connectivity index (χ0) is 21.7. The summed E-state index contributed by atoms with van der Waals surface area (Å²) in [6.45, 7) is 9.90. The number of nitriles is 1. The quantitative estimate of drug-likeness (QED) is 0.661. The number of hydrogen-bond donors (Lipinski definition) is 2. The summed E-state index contributed by atoms with van der Waals surface area (Å²) in [5.41, 5.74) is 10.1. The molecule has 1 saturated heterocycles. The Morgan fingerprint density at radius 3 is 2.60 bits per heavy atom. The number of carbonyl (C=O) groups excluding carboxylic acids is 1. The molecule has 3 rings (SSSR count). The molecule has 0 radical (unpaired) electrons. The third-order valence-electron chi connectivity index (χ3n) is 5.27. The van der Waals surface area contributed by atoms with Crippen molar-refractivity contribution in [3.05, 3.63) is 30.0 Å². The lowest BCUT2D eigenvalue weighted by Crippen LogP contribution is -2.44. The first-order valence-corrected chi connectivity index (χ1v) is 11.2. The molecule has 8 heteroatoms. The predicted molar refractivity (Wildman–Crippen MR) is 123 cm³/mol. The normalized spacial score (nSPS) is 15.1. The van der Waals surface area contributed by atoms with Crippen molar-refractivity contribution in [3.8, 4) is 17.2 Å². The van der Waals surface area contributed by atoms with Gasteiger partial charge in [-0.05, 0) is 48.5 Å². The van der Waals surface area contributed by atoms with Crippen molar-refractivity contribution < 1.29 is 4.79 Å². The van der Waals surface area contributed by atoms with E-state index in [9.17, 15) is 10.1 Å². The topological polar surface area (TPSA) is 98.3 Å². The van der Waals surface area contributed by atoms with E-state index in [2.05, 4.69) is 44.9 Å². The Labute approximate surface area is 182 Å². The van der Waals surface area contributed by atoms with Crippen LogP contribution >= 0.6 is 11.5 Å². The van der Waals surface area contributed by atoms with Gasteiger partial charge >= 0.3 is 0 Å². The number of nitrogens with one attached hydrogen (secondary N) is 1. The zero-order valence-corrected chi connectivity index (χ0v) is 18.7. The maximum Gasteiger partial charge on any atom is 0.245 e. The maximum absolute atomic E-state index is 13.0. The highest BCUT2D eigenvalue weighted by Gasteiger charge is 2.28. The van der Waals surface area contributed by atoms with Gasteiger partial charge in [-0.3, -0.25) is 9.69 Å². The van der Waals surface area contributed by atoms with Crippen LogP contribution in [0.4, 0.5) is 10.7 Å². The summed E-state index contributed by atoms with van der Waals surface area (Å²) in [7, 11) is 0. The Hall–Kier alpha value is -2.47. The molecular formula is C22H30N6OS. The molecule has 1 amide bonds. The molecule has 2 aromatic rings. The summed E-state index contributed by atoms with van der Waals surface area (Å²) in [5.74, 6) is 0.0701. The van der Waals surface area contributed by atoms with Crippen LogP contribution in [0.1, 0.15) is 26.0 Å². The molecule has 0 aliphatic carbocycles. The van der Waals surface area contributed by atoms with Crippen molar-refractivity contribution in [3.63, 3.8) is 0 Å². The van der Waals surface area contributed by atoms with Crippen LogP contribution in [0.15, 0.2) is 24.3 Å². The standard InChI is InChI=1S/C22H30N6OS/c1-15(2)14-19(24)21(29)28(11-8-23)22-20(16(3)26-30-22)17-4-6-18(7-5-17)27-12-9-25-10-13-27/h4-7,15,19,25H,9-14,24H2,1-3H3/t19-/m0/s1. The first-order valence-electron chi connectivity index (χ1n) is 10.4. The Morgan fingerprint density at radius 1 is 1.33 bits per heavy atom. The van der Waals surface area contributed by atoms with E-state index in [1.165, 1.54) is 22.1 Å². The molecule has 3 N–H and O–H groups in total. The molecule has 1 aromatic carbocycles. The van der Waals surface area contributed by atoms with Crippen LogP contribution < -0.4 is 20.9 Å². The molecule has 1 atom stereocenters. The van der Waals surface area contributed by atoms with Crippen molar-refractivity contribution in [2.24, 2.45) is 11.7 Å². The van der Waals surface area contributed by atoms with Crippen LogP contribution in [0.25, 0.3) is 11.1 Å². The van der Waals surface area contributed by atoms with Gasteiger partial charge in [0.1, 0.15) is 11.5 Å². The van der Waals surface area contributed by atoms with Gasteiger partial charge in [0.2, 0.25) is 5.91 Å². The SMILES string of the molecule is Cc1nsc(N(CC#N)C(=O)[C@@H](N)CC(C)C)c1-c1ccc(N2CCNCC2)cc1. The number of piperazine rings is 1. The summed E-state index contributed by atoms with van der Waals surface area (Å²) >= 11 is 1.25. The molecule has 2 heterocycles. The molecule has 30 heavy (non-hydrogen) atoms. The molecular weight excluding hydrogens is 396 g/mol. The van der Waals surface area contributed by atoms with Crippen LogP contribution in [0.2, 0.25) is 0 Å². The van der Waals surface area contributed by atoms with Crippen molar-refractivity contribution in [1.82, 2.24) is 9.69 Å². The highest BCUT2D eigenvalue weighted by molar-refractivity contribution is 7.11. The molecule has 0 saturated carbocycles. The van der Waals surface area contributed by atoms with E-state index in [4.69, 9.17) is 5.73 Å². The second-order valence-electron chi connectivity index (χ2n) is 8.05. The number of nitrogens with zero attached hydrogens (tertiary/aromatic N) is 4. The molecule has 1 aliphatic heterocycles. The number of aryl methyl sites for hydroxylation is 1. The van der Waals surface area contributed by atoms with Gasteiger partial charge < -0.3 is 16.0 Å². The lowest BCUT2D eigenvalue weighted by Gasteiger charge is -2.29. The molecule has 1 fully saturated rings. The molecule has 160 valence electrons. The van der Waals surface area contributed by atoms with Crippen molar-refractivity contribution in [1.29, 1.82) is 5.26 Å². The van der Waals surface area contributed by atoms with Crippen LogP contribution in [0.3, 0.4) is 0 Å². The van der Waals surface area contributed by atoms with Crippen molar-refractivity contribution in [2.45, 2.75) is 33.2 Å². The Kier molecular flexibility index (Phi) is 7.43. The van der Waals surface area contributed by atoms with E-state index < -0.39 is 6.04 Å². The molecule has 0 unspecified atom stereocenters. The van der Waals surface area contributed by atoms with Crippen LogP contribution in [0.5, 0.6) is 0 Å². The van der Waals surface area contributed by atoms with Gasteiger partial charge in [-0.25, -0.2) is 0 Å². The second-order valence-corrected chi connectivity index (χ2v) is 8.80. The van der Waals surface area contributed by atoms with E-state index >= 15 is 0 Å². The van der Waals surface area contributed by atoms with E-state index in [-0.39, 0.29) is 12.5 Å². The predicted octanol–water partition coefficient (Wildman–Crippen LogP) is 2.76. The number of nitrogens with two attached hydrogens (primary N) is 1. The smallest absolute Gasteiger partial charge is 0.245 e. The van der Waals surface area contributed by atoms with E-state index in [0.717, 1.165) is 43.0 Å². The monoisotopic (exact) mass is 426 g/mol. The zero-order valence-electron chi connectivity index (χ0n) is 17.9. The van der Waals surface area contributed by atoms with Crippen molar-refractivity contribution in [2.75, 3.05) is 42.5 Å². The van der Waals surface area contributed by atoms with Crippen LogP contribution in [0, 0.1) is 24.2 Å². The highest BCUT2D eigenvalue weighted by Crippen LogP contribution is 2.38. The fraction of sp³-hybridized carbons (Fsp3) is 0.500. The van der Waals surface area contributed by atoms with Gasteiger partial charge in [0.25, 0.3) is 0 Å². The number of amides is 1. The average Bonchev–Trinajstić information content (AvgIpc) is 3.12. The molecule has 0 bridgehead atoms. The van der Waals surface area contributed by atoms with Gasteiger partial charge in [-0.2, -0.15) is 9.64 Å². The molecule has 1 aromatic heterocycles. The third-order valence-corrected chi connectivity index (χ3v) is 6.23. The van der Waals surface area contributed by atoms with E-state index in [0.29, 0.717) is 17.3 Å². The largest absolute Gasteiger partial charge is 0.369 e. The minimum atomic E-state index is -0.635. The number of hydrogen-bond acceptors (Lipinski definition) is 7. The summed E-state index contributed by atoms with van der Waals surface area (Å²) in [6, 6.07) is 9.84. The van der Waals surface area contributed by atoms with E-state index in [1.807, 2.05) is 20.8 Å². The minimum absolute atomic E-state index is 0.0435. The Balaban J connectivity index is 1.90. The lowest BCUT2D eigenvalue weighted by atomic mass is 10.0. The van der Waals surface area contributed by atoms with Gasteiger partial charge in [-0.15, -0.1) is 0 Å². The van der Waals surface area contributed by atoms with E-state index in [1.54, 1.807) is 0 Å². The number of benzene rings is 1. The number of anilines is 2. The average molecular weight is 427 g/mol. The van der Waals surface area contributed by atoms with Gasteiger partial charge in [0, 0.05) is 37.4 Å². The molecule has 0 spiro atoms. The van der Waals surface area contributed by atoms with Crippen LogP contribution in [-0.4, -0.2) is 49.0 Å². The maximum atomic E-state index is 13.0. The first-order chi connectivity index (χ1) is 14.4. The first kappa shape index (κ1) is 22.2. The van der Waals surface area contributed by atoms with Crippen molar-refractivity contribution >= 4 is 28.1 Å². The summed E-state index contributed by atoms with van der Waals surface area (Å²) in [6.07, 6.45) is 0.577. The Morgan fingerprint density at radius 2 is 2.00 bits per heavy atom. The van der Waals surface area contributed by atoms with Gasteiger partial charge in [-0.1, -0.05) is 26.0 Å². The summed E-state index contributed by atoms with van der Waals surface area (Å²) in [4.78, 5) is 16.9. The number of carbonyl (C=O) groups is 1. The second kappa shape index (κ2) is 10.0. The minimum Gasteiger partial charge on any atom is -0.369 e. The fourth-order valence-corrected chi connectivity index (χ4v) is 4.69. The molecule has 7 nitrogen and oxygen atoms in total. The third kappa shape index (κ3) is 4.98.